The summed E-state index contributed by atoms with van der Waals surface area (Å²) >= 11 is 5.86. The molecule has 1 aromatic heterocycles. The van der Waals surface area contributed by atoms with Gasteiger partial charge >= 0.3 is 0 Å². The van der Waals surface area contributed by atoms with Gasteiger partial charge in [0.15, 0.2) is 5.82 Å². The zero-order valence-corrected chi connectivity index (χ0v) is 10.8. The normalized spacial score (nSPS) is 14.5. The number of rotatable bonds is 4. The number of nitrogens with one attached hydrogen (secondary N) is 1. The quantitative estimate of drug-likeness (QED) is 0.845. The van der Waals surface area contributed by atoms with E-state index < -0.39 is 0 Å². The van der Waals surface area contributed by atoms with Crippen LogP contribution >= 0.6 is 11.6 Å². The molecule has 0 amide bonds. The van der Waals surface area contributed by atoms with Gasteiger partial charge < -0.3 is 5.32 Å². The largest absolute Gasteiger partial charge is 0.365 e. The summed E-state index contributed by atoms with van der Waals surface area (Å²) in [6.45, 7) is 4.22. The number of hydrogen-bond acceptors (Lipinski definition) is 3. The summed E-state index contributed by atoms with van der Waals surface area (Å²) in [6, 6.07) is 8.35. The average Bonchev–Trinajstić information content (AvgIpc) is 2.38. The SMILES string of the molecule is CC(CCl)C(C)Nc1nncc2ccccc12. The van der Waals surface area contributed by atoms with E-state index in [0.29, 0.717) is 11.8 Å². The Bertz CT molecular complexity index is 495. The molecule has 4 heteroatoms. The van der Waals surface area contributed by atoms with E-state index >= 15 is 0 Å². The third-order valence-electron chi connectivity index (χ3n) is 3.03. The summed E-state index contributed by atoms with van der Waals surface area (Å²) in [4.78, 5) is 0. The van der Waals surface area contributed by atoms with Crippen LogP contribution in [0, 0.1) is 5.92 Å². The third kappa shape index (κ3) is 2.67. The van der Waals surface area contributed by atoms with Crippen molar-refractivity contribution in [3.05, 3.63) is 30.5 Å². The maximum absolute atomic E-state index is 5.86. The second-order valence-corrected chi connectivity index (χ2v) is 4.65. The fourth-order valence-corrected chi connectivity index (χ4v) is 1.89. The highest BCUT2D eigenvalue weighted by Crippen LogP contribution is 2.21. The highest BCUT2D eigenvalue weighted by molar-refractivity contribution is 6.18. The molecular weight excluding hydrogens is 234 g/mol. The monoisotopic (exact) mass is 249 g/mol. The summed E-state index contributed by atoms with van der Waals surface area (Å²) in [6.07, 6.45) is 1.77. The van der Waals surface area contributed by atoms with Crippen molar-refractivity contribution < 1.29 is 0 Å². The van der Waals surface area contributed by atoms with E-state index in [0.717, 1.165) is 16.6 Å². The standard InChI is InChI=1S/C13H16ClN3/c1-9(7-14)10(2)16-13-12-6-4-3-5-11(12)8-15-17-13/h3-6,8-10H,7H2,1-2H3,(H,16,17). The lowest BCUT2D eigenvalue weighted by Gasteiger charge is -2.20. The molecule has 2 atom stereocenters. The van der Waals surface area contributed by atoms with Crippen molar-refractivity contribution in [3.8, 4) is 0 Å². The second-order valence-electron chi connectivity index (χ2n) is 4.35. The molecule has 0 radical (unpaired) electrons. The van der Waals surface area contributed by atoms with Crippen LogP contribution in [0.25, 0.3) is 10.8 Å². The second kappa shape index (κ2) is 5.32. The Labute approximate surface area is 106 Å². The van der Waals surface area contributed by atoms with E-state index in [2.05, 4.69) is 29.4 Å². The Morgan fingerprint density at radius 2 is 2.06 bits per heavy atom. The van der Waals surface area contributed by atoms with Crippen LogP contribution in [0.15, 0.2) is 30.5 Å². The van der Waals surface area contributed by atoms with Gasteiger partial charge in [-0.1, -0.05) is 31.2 Å². The molecule has 1 aromatic carbocycles. The van der Waals surface area contributed by atoms with Gasteiger partial charge in [0, 0.05) is 22.7 Å². The van der Waals surface area contributed by atoms with Gasteiger partial charge in [-0.05, 0) is 12.8 Å². The van der Waals surface area contributed by atoms with Crippen molar-refractivity contribution in [1.82, 2.24) is 10.2 Å². The molecule has 0 saturated heterocycles. The molecule has 2 unspecified atom stereocenters. The zero-order chi connectivity index (χ0) is 12.3. The summed E-state index contributed by atoms with van der Waals surface area (Å²) in [5, 5.41) is 13.7. The summed E-state index contributed by atoms with van der Waals surface area (Å²) in [5.41, 5.74) is 0. The number of hydrogen-bond donors (Lipinski definition) is 1. The van der Waals surface area contributed by atoms with Gasteiger partial charge in [0.05, 0.1) is 6.20 Å². The molecule has 1 heterocycles. The van der Waals surface area contributed by atoms with Crippen LogP contribution in [-0.4, -0.2) is 22.1 Å². The van der Waals surface area contributed by atoms with Crippen LogP contribution in [-0.2, 0) is 0 Å². The van der Waals surface area contributed by atoms with Crippen LogP contribution in [0.4, 0.5) is 5.82 Å². The minimum absolute atomic E-state index is 0.271. The first-order valence-electron chi connectivity index (χ1n) is 5.75. The molecule has 2 rings (SSSR count). The predicted molar refractivity (Wildman–Crippen MR) is 72.5 cm³/mol. The highest BCUT2D eigenvalue weighted by atomic mass is 35.5. The van der Waals surface area contributed by atoms with Gasteiger partial charge in [-0.25, -0.2) is 0 Å². The third-order valence-corrected chi connectivity index (χ3v) is 3.52. The van der Waals surface area contributed by atoms with Crippen molar-refractivity contribution in [2.24, 2.45) is 5.92 Å². The van der Waals surface area contributed by atoms with Crippen molar-refractivity contribution in [2.45, 2.75) is 19.9 Å². The molecule has 0 aliphatic carbocycles. The maximum atomic E-state index is 5.86. The first-order valence-corrected chi connectivity index (χ1v) is 6.28. The minimum Gasteiger partial charge on any atom is -0.365 e. The number of anilines is 1. The van der Waals surface area contributed by atoms with Gasteiger partial charge in [0.2, 0.25) is 0 Å². The van der Waals surface area contributed by atoms with Crippen LogP contribution in [0.1, 0.15) is 13.8 Å². The molecule has 90 valence electrons. The Morgan fingerprint density at radius 3 is 2.82 bits per heavy atom. The molecule has 0 aliphatic rings. The number of benzene rings is 1. The minimum atomic E-state index is 0.271. The lowest BCUT2D eigenvalue weighted by molar-refractivity contribution is 0.564. The topological polar surface area (TPSA) is 37.8 Å². The molecule has 1 N–H and O–H groups in total. The Kier molecular flexibility index (Phi) is 3.79. The van der Waals surface area contributed by atoms with Gasteiger partial charge in [-0.3, -0.25) is 0 Å². The first kappa shape index (κ1) is 12.1. The Morgan fingerprint density at radius 1 is 1.29 bits per heavy atom. The molecular formula is C13H16ClN3. The van der Waals surface area contributed by atoms with Gasteiger partial charge in [-0.15, -0.1) is 16.7 Å². The molecule has 2 aromatic rings. The lowest BCUT2D eigenvalue weighted by Crippen LogP contribution is -2.25. The van der Waals surface area contributed by atoms with E-state index in [1.807, 2.05) is 24.3 Å². The van der Waals surface area contributed by atoms with Crippen molar-refractivity contribution in [1.29, 1.82) is 0 Å². The predicted octanol–water partition coefficient (Wildman–Crippen LogP) is 3.31. The van der Waals surface area contributed by atoms with Gasteiger partial charge in [-0.2, -0.15) is 5.10 Å². The molecule has 0 saturated carbocycles. The lowest BCUT2D eigenvalue weighted by atomic mass is 10.1. The smallest absolute Gasteiger partial charge is 0.156 e. The highest BCUT2D eigenvalue weighted by Gasteiger charge is 2.12. The van der Waals surface area contributed by atoms with E-state index in [9.17, 15) is 0 Å². The van der Waals surface area contributed by atoms with Crippen LogP contribution in [0.2, 0.25) is 0 Å². The average molecular weight is 250 g/mol. The van der Waals surface area contributed by atoms with Crippen molar-refractivity contribution in [2.75, 3.05) is 11.2 Å². The summed E-state index contributed by atoms with van der Waals surface area (Å²) in [5.74, 6) is 1.84. The maximum Gasteiger partial charge on any atom is 0.156 e. The fourth-order valence-electron chi connectivity index (χ4n) is 1.63. The van der Waals surface area contributed by atoms with Crippen molar-refractivity contribution >= 4 is 28.2 Å². The summed E-state index contributed by atoms with van der Waals surface area (Å²) in [7, 11) is 0. The van der Waals surface area contributed by atoms with Crippen LogP contribution in [0.3, 0.4) is 0 Å². The molecule has 0 spiro atoms. The number of fused-ring (bicyclic) bond motifs is 1. The number of alkyl halides is 1. The fraction of sp³-hybridized carbons (Fsp3) is 0.385. The molecule has 0 bridgehead atoms. The van der Waals surface area contributed by atoms with E-state index in [4.69, 9.17) is 11.6 Å². The van der Waals surface area contributed by atoms with E-state index in [1.54, 1.807) is 6.20 Å². The molecule has 0 fully saturated rings. The molecule has 3 nitrogen and oxygen atoms in total. The number of halogens is 1. The Balaban J connectivity index is 2.30. The first-order chi connectivity index (χ1) is 8.22. The van der Waals surface area contributed by atoms with E-state index in [1.165, 1.54) is 0 Å². The Hall–Kier alpha value is -1.35. The van der Waals surface area contributed by atoms with Gasteiger partial charge in [0.1, 0.15) is 0 Å². The molecule has 0 aliphatic heterocycles. The molecule has 17 heavy (non-hydrogen) atoms. The number of aromatic nitrogens is 2. The van der Waals surface area contributed by atoms with Crippen molar-refractivity contribution in [3.63, 3.8) is 0 Å². The van der Waals surface area contributed by atoms with Crippen LogP contribution in [0.5, 0.6) is 0 Å². The summed E-state index contributed by atoms with van der Waals surface area (Å²) < 4.78 is 0. The van der Waals surface area contributed by atoms with E-state index in [-0.39, 0.29) is 6.04 Å². The van der Waals surface area contributed by atoms with Crippen LogP contribution < -0.4 is 5.32 Å². The van der Waals surface area contributed by atoms with Gasteiger partial charge in [0.25, 0.3) is 0 Å². The zero-order valence-electron chi connectivity index (χ0n) is 10.0. The number of nitrogens with zero attached hydrogens (tertiary/aromatic N) is 2.